The third-order valence-electron chi connectivity index (χ3n) is 3.20. The van der Waals surface area contributed by atoms with Crippen molar-refractivity contribution in [3.8, 4) is 11.5 Å². The summed E-state index contributed by atoms with van der Waals surface area (Å²) in [6, 6.07) is 11.8. The van der Waals surface area contributed by atoms with Gasteiger partial charge in [-0.15, -0.1) is 0 Å². The van der Waals surface area contributed by atoms with E-state index < -0.39 is 11.9 Å². The first-order valence-electron chi connectivity index (χ1n) is 6.81. The lowest BCUT2D eigenvalue weighted by Gasteiger charge is -2.15. The minimum atomic E-state index is -0.833. The predicted molar refractivity (Wildman–Crippen MR) is 79.2 cm³/mol. The molecule has 0 fully saturated rings. The Morgan fingerprint density at radius 3 is 2.71 bits per heavy atom. The first-order chi connectivity index (χ1) is 10.1. The standard InChI is InChI=1S/C17H19FO3/c1-12-4-3-5-14(10-12)21-9-8-16(19)15-11-13(18)6-7-17(15)20-2/h3-7,10-11,16,19H,8-9H2,1-2H3. The van der Waals surface area contributed by atoms with Crippen molar-refractivity contribution < 1.29 is 19.0 Å². The molecule has 0 aliphatic rings. The molecule has 21 heavy (non-hydrogen) atoms. The van der Waals surface area contributed by atoms with E-state index in [1.54, 1.807) is 0 Å². The number of aliphatic hydroxyl groups excluding tert-OH is 1. The molecule has 0 aromatic heterocycles. The average Bonchev–Trinajstić information content (AvgIpc) is 2.47. The molecule has 0 saturated heterocycles. The second-order valence-corrected chi connectivity index (χ2v) is 4.86. The van der Waals surface area contributed by atoms with E-state index in [2.05, 4.69) is 0 Å². The second kappa shape index (κ2) is 7.09. The molecule has 2 aromatic carbocycles. The molecule has 1 unspecified atom stereocenters. The quantitative estimate of drug-likeness (QED) is 0.882. The summed E-state index contributed by atoms with van der Waals surface area (Å²) in [4.78, 5) is 0. The van der Waals surface area contributed by atoms with Gasteiger partial charge in [0.25, 0.3) is 0 Å². The van der Waals surface area contributed by atoms with Crippen molar-refractivity contribution in [2.75, 3.05) is 13.7 Å². The lowest BCUT2D eigenvalue weighted by Crippen LogP contribution is -2.07. The van der Waals surface area contributed by atoms with Crippen molar-refractivity contribution in [1.29, 1.82) is 0 Å². The molecule has 2 aromatic rings. The lowest BCUT2D eigenvalue weighted by atomic mass is 10.1. The van der Waals surface area contributed by atoms with Gasteiger partial charge in [-0.3, -0.25) is 0 Å². The molecule has 0 spiro atoms. The maximum Gasteiger partial charge on any atom is 0.124 e. The average molecular weight is 290 g/mol. The van der Waals surface area contributed by atoms with Crippen LogP contribution in [0.15, 0.2) is 42.5 Å². The second-order valence-electron chi connectivity index (χ2n) is 4.86. The van der Waals surface area contributed by atoms with Gasteiger partial charge in [-0.1, -0.05) is 12.1 Å². The maximum atomic E-state index is 13.3. The fourth-order valence-corrected chi connectivity index (χ4v) is 2.11. The number of hydrogen-bond donors (Lipinski definition) is 1. The van der Waals surface area contributed by atoms with Gasteiger partial charge < -0.3 is 14.6 Å². The maximum absolute atomic E-state index is 13.3. The molecule has 0 aliphatic carbocycles. The molecular weight excluding hydrogens is 271 g/mol. The Morgan fingerprint density at radius 1 is 1.19 bits per heavy atom. The Bertz CT molecular complexity index is 598. The molecule has 0 saturated carbocycles. The molecule has 0 heterocycles. The summed E-state index contributed by atoms with van der Waals surface area (Å²) < 4.78 is 24.0. The van der Waals surface area contributed by atoms with Gasteiger partial charge in [-0.05, 0) is 42.8 Å². The highest BCUT2D eigenvalue weighted by atomic mass is 19.1. The van der Waals surface area contributed by atoms with Crippen LogP contribution in [0.1, 0.15) is 23.7 Å². The highest BCUT2D eigenvalue weighted by Gasteiger charge is 2.14. The number of ether oxygens (including phenoxy) is 2. The van der Waals surface area contributed by atoms with Crippen LogP contribution in [0.25, 0.3) is 0 Å². The number of aryl methyl sites for hydroxylation is 1. The van der Waals surface area contributed by atoms with Crippen LogP contribution in [0.5, 0.6) is 11.5 Å². The van der Waals surface area contributed by atoms with Crippen molar-refractivity contribution in [3.63, 3.8) is 0 Å². The molecule has 0 amide bonds. The van der Waals surface area contributed by atoms with Crippen molar-refractivity contribution >= 4 is 0 Å². The van der Waals surface area contributed by atoms with Gasteiger partial charge in [-0.25, -0.2) is 4.39 Å². The lowest BCUT2D eigenvalue weighted by molar-refractivity contribution is 0.137. The Morgan fingerprint density at radius 2 is 2.00 bits per heavy atom. The van der Waals surface area contributed by atoms with Gasteiger partial charge in [0.1, 0.15) is 17.3 Å². The van der Waals surface area contributed by atoms with Crippen LogP contribution in [0, 0.1) is 12.7 Å². The molecule has 0 radical (unpaired) electrons. The van der Waals surface area contributed by atoms with E-state index >= 15 is 0 Å². The fraction of sp³-hybridized carbons (Fsp3) is 0.294. The zero-order valence-corrected chi connectivity index (χ0v) is 12.2. The van der Waals surface area contributed by atoms with E-state index in [9.17, 15) is 9.50 Å². The number of rotatable bonds is 6. The van der Waals surface area contributed by atoms with E-state index in [1.165, 1.54) is 25.3 Å². The Hall–Kier alpha value is -2.07. The highest BCUT2D eigenvalue weighted by molar-refractivity contribution is 5.35. The normalized spacial score (nSPS) is 12.0. The molecule has 2 rings (SSSR count). The first kappa shape index (κ1) is 15.3. The third-order valence-corrected chi connectivity index (χ3v) is 3.20. The van der Waals surface area contributed by atoms with Crippen molar-refractivity contribution in [2.45, 2.75) is 19.4 Å². The van der Waals surface area contributed by atoms with Crippen LogP contribution in [0.3, 0.4) is 0 Å². The number of methoxy groups -OCH3 is 1. The minimum Gasteiger partial charge on any atom is -0.496 e. The molecule has 0 bridgehead atoms. The Balaban J connectivity index is 1.95. The molecule has 4 heteroatoms. The van der Waals surface area contributed by atoms with Crippen LogP contribution in [-0.2, 0) is 0 Å². The number of hydrogen-bond acceptors (Lipinski definition) is 3. The van der Waals surface area contributed by atoms with Crippen LogP contribution in [-0.4, -0.2) is 18.8 Å². The predicted octanol–water partition coefficient (Wildman–Crippen LogP) is 3.65. The Kier molecular flexibility index (Phi) is 5.17. The van der Waals surface area contributed by atoms with Crippen molar-refractivity contribution in [1.82, 2.24) is 0 Å². The molecular formula is C17H19FO3. The van der Waals surface area contributed by atoms with Crippen molar-refractivity contribution in [2.24, 2.45) is 0 Å². The molecule has 3 nitrogen and oxygen atoms in total. The van der Waals surface area contributed by atoms with E-state index in [0.717, 1.165) is 11.3 Å². The largest absolute Gasteiger partial charge is 0.496 e. The van der Waals surface area contributed by atoms with Crippen LogP contribution >= 0.6 is 0 Å². The van der Waals surface area contributed by atoms with Gasteiger partial charge in [-0.2, -0.15) is 0 Å². The van der Waals surface area contributed by atoms with Gasteiger partial charge in [0.2, 0.25) is 0 Å². The van der Waals surface area contributed by atoms with Crippen molar-refractivity contribution in [3.05, 3.63) is 59.4 Å². The van der Waals surface area contributed by atoms with Gasteiger partial charge >= 0.3 is 0 Å². The summed E-state index contributed by atoms with van der Waals surface area (Å²) >= 11 is 0. The summed E-state index contributed by atoms with van der Waals surface area (Å²) in [5, 5.41) is 10.2. The van der Waals surface area contributed by atoms with E-state index in [4.69, 9.17) is 9.47 Å². The van der Waals surface area contributed by atoms with Crippen LogP contribution in [0.4, 0.5) is 4.39 Å². The van der Waals surface area contributed by atoms with E-state index in [-0.39, 0.29) is 0 Å². The summed E-state index contributed by atoms with van der Waals surface area (Å²) in [5.74, 6) is 0.831. The fourth-order valence-electron chi connectivity index (χ4n) is 2.11. The zero-order chi connectivity index (χ0) is 15.2. The van der Waals surface area contributed by atoms with E-state index in [1.807, 2.05) is 31.2 Å². The topological polar surface area (TPSA) is 38.7 Å². The molecule has 1 atom stereocenters. The van der Waals surface area contributed by atoms with Crippen LogP contribution < -0.4 is 9.47 Å². The number of aliphatic hydroxyl groups is 1. The van der Waals surface area contributed by atoms with Gasteiger partial charge in [0.05, 0.1) is 19.8 Å². The highest BCUT2D eigenvalue weighted by Crippen LogP contribution is 2.28. The minimum absolute atomic E-state index is 0.338. The first-order valence-corrected chi connectivity index (χ1v) is 6.81. The number of halogens is 1. The Labute approximate surface area is 124 Å². The van der Waals surface area contributed by atoms with Gasteiger partial charge in [0.15, 0.2) is 0 Å². The SMILES string of the molecule is COc1ccc(F)cc1C(O)CCOc1cccc(C)c1. The number of benzene rings is 2. The monoisotopic (exact) mass is 290 g/mol. The summed E-state index contributed by atoms with van der Waals surface area (Å²) in [6.45, 7) is 2.32. The summed E-state index contributed by atoms with van der Waals surface area (Å²) in [6.07, 6.45) is -0.478. The van der Waals surface area contributed by atoms with Crippen LogP contribution in [0.2, 0.25) is 0 Å². The summed E-state index contributed by atoms with van der Waals surface area (Å²) in [7, 11) is 1.49. The molecule has 0 aliphatic heterocycles. The third kappa shape index (κ3) is 4.20. The zero-order valence-electron chi connectivity index (χ0n) is 12.2. The molecule has 1 N–H and O–H groups in total. The van der Waals surface area contributed by atoms with Gasteiger partial charge in [0, 0.05) is 12.0 Å². The molecule has 112 valence electrons. The smallest absolute Gasteiger partial charge is 0.124 e. The van der Waals surface area contributed by atoms with E-state index in [0.29, 0.717) is 24.3 Å². The summed E-state index contributed by atoms with van der Waals surface area (Å²) in [5.41, 5.74) is 1.55.